The minimum absolute atomic E-state index is 0.00630. The Labute approximate surface area is 435 Å². The zero-order chi connectivity index (χ0) is 55.0. The molecule has 0 aliphatic carbocycles. The average Bonchev–Trinajstić information content (AvgIpc) is 3.85. The van der Waals surface area contributed by atoms with Crippen molar-refractivity contribution in [1.82, 2.24) is 35.1 Å². The number of hydrogen-bond donors (Lipinski definition) is 6. The van der Waals surface area contributed by atoms with Crippen LogP contribution in [-0.4, -0.2) is 175 Å². The largest absolute Gasteiger partial charge is 0.368 e. The minimum atomic E-state index is -3.82. The van der Waals surface area contributed by atoms with Gasteiger partial charge in [0, 0.05) is 39.3 Å². The SMILES string of the molecule is CC(C)CN(CC(=O)N(CCc1ccc(S(N)(=O)=O)cc1)CC(N)=O)C(=O)CNCCN1CCCC1.CC(C)CN(CC(=O)N(CCc1ccc(S(N)(=O)=O)cc1)CC(N)=O)C(=O)CNCCc1ccccc1F. The van der Waals surface area contributed by atoms with Crippen molar-refractivity contribution in [3.05, 3.63) is 95.3 Å². The Morgan fingerprint density at radius 1 is 0.568 bits per heavy atom. The lowest BCUT2D eigenvalue weighted by Gasteiger charge is -2.28. The van der Waals surface area contributed by atoms with Gasteiger partial charge in [-0.15, -0.1) is 0 Å². The molecule has 74 heavy (non-hydrogen) atoms. The number of benzene rings is 3. The second kappa shape index (κ2) is 31.1. The van der Waals surface area contributed by atoms with Crippen LogP contribution in [0.2, 0.25) is 0 Å². The number of nitrogens with two attached hydrogens (primary N) is 4. The minimum Gasteiger partial charge on any atom is -0.368 e. The molecule has 1 saturated heterocycles. The van der Waals surface area contributed by atoms with Crippen molar-refractivity contribution >= 4 is 55.5 Å². The summed E-state index contributed by atoms with van der Waals surface area (Å²) in [5.74, 6) is -2.68. The summed E-state index contributed by atoms with van der Waals surface area (Å²) in [4.78, 5) is 83.1. The Morgan fingerprint density at radius 3 is 1.35 bits per heavy atom. The van der Waals surface area contributed by atoms with Crippen molar-refractivity contribution in [1.29, 1.82) is 0 Å². The van der Waals surface area contributed by atoms with Gasteiger partial charge >= 0.3 is 0 Å². The topological polar surface area (TPSA) is 315 Å². The molecule has 10 N–H and O–H groups in total. The summed E-state index contributed by atoms with van der Waals surface area (Å²) < 4.78 is 59.5. The summed E-state index contributed by atoms with van der Waals surface area (Å²) >= 11 is 0. The molecule has 0 atom stereocenters. The molecule has 1 heterocycles. The van der Waals surface area contributed by atoms with Crippen LogP contribution in [-0.2, 0) is 68.1 Å². The predicted molar refractivity (Wildman–Crippen MR) is 279 cm³/mol. The molecule has 0 aromatic heterocycles. The van der Waals surface area contributed by atoms with E-state index in [4.69, 9.17) is 21.7 Å². The van der Waals surface area contributed by atoms with Crippen LogP contribution in [0, 0.1) is 17.7 Å². The van der Waals surface area contributed by atoms with E-state index in [1.54, 1.807) is 42.5 Å². The fourth-order valence-electron chi connectivity index (χ4n) is 7.88. The predicted octanol–water partition coefficient (Wildman–Crippen LogP) is 0.00680. The first-order valence-corrected chi connectivity index (χ1v) is 27.7. The molecule has 3 aromatic rings. The second-order valence-electron chi connectivity index (χ2n) is 19.0. The summed E-state index contributed by atoms with van der Waals surface area (Å²) in [5.41, 5.74) is 12.8. The third-order valence-electron chi connectivity index (χ3n) is 11.7. The maximum Gasteiger partial charge on any atom is 0.242 e. The first-order chi connectivity index (χ1) is 34.8. The standard InChI is InChI=1S/C26H36FN5O5S.C24H40N6O5S/c1-19(2)16-32(25(34)15-30-13-11-21-5-3-4-6-23(21)27)18-26(35)31(17-24(28)33)14-12-20-7-9-22(10-8-20)38(29,36)37;1-19(2)16-30(23(32)15-27-10-14-28-11-3-4-12-28)18-24(33)29(17-22(25)31)13-9-20-5-7-21(8-6-20)36(26,34)35/h3-10,19,30H,11-18H2,1-2H3,(H2,28,33)(H2,29,36,37);5-8,19,27H,3-4,9-18H2,1-2H3,(H2,25,31)(H2,26,34,35). The summed E-state index contributed by atoms with van der Waals surface area (Å²) in [6.07, 6.45) is 3.55. The summed E-state index contributed by atoms with van der Waals surface area (Å²) in [6.45, 7) is 12.2. The highest BCUT2D eigenvalue weighted by Gasteiger charge is 2.25. The molecule has 0 bridgehead atoms. The number of primary sulfonamides is 2. The number of hydrogen-bond acceptors (Lipinski definition) is 13. The van der Waals surface area contributed by atoms with Crippen LogP contribution in [0.5, 0.6) is 0 Å². The van der Waals surface area contributed by atoms with E-state index in [-0.39, 0.29) is 97.5 Å². The molecule has 0 spiro atoms. The van der Waals surface area contributed by atoms with E-state index in [1.807, 2.05) is 27.7 Å². The average molecular weight is 1070 g/mol. The molecule has 1 fully saturated rings. The fraction of sp³-hybridized carbons (Fsp3) is 0.520. The fourth-order valence-corrected chi connectivity index (χ4v) is 8.91. The number of nitrogens with one attached hydrogen (secondary N) is 2. The smallest absolute Gasteiger partial charge is 0.242 e. The quantitative estimate of drug-likeness (QED) is 0.0480. The first kappa shape index (κ1) is 62.4. The number of rotatable bonds is 30. The van der Waals surface area contributed by atoms with E-state index >= 15 is 0 Å². The van der Waals surface area contributed by atoms with Crippen molar-refractivity contribution in [2.45, 2.75) is 69.6 Å². The van der Waals surface area contributed by atoms with Gasteiger partial charge in [-0.25, -0.2) is 31.5 Å². The molecular formula is C50H76FN11O10S2. The Kier molecular flexibility index (Phi) is 26.2. The van der Waals surface area contributed by atoms with Gasteiger partial charge in [0.2, 0.25) is 55.5 Å². The third kappa shape index (κ3) is 24.0. The lowest BCUT2D eigenvalue weighted by atomic mass is 10.1. The van der Waals surface area contributed by atoms with Crippen molar-refractivity contribution in [2.24, 2.45) is 33.6 Å². The van der Waals surface area contributed by atoms with Gasteiger partial charge in [-0.1, -0.05) is 70.2 Å². The number of halogens is 1. The lowest BCUT2D eigenvalue weighted by Crippen LogP contribution is -2.49. The Morgan fingerprint density at radius 2 is 0.973 bits per heavy atom. The van der Waals surface area contributed by atoms with Crippen LogP contribution in [0.15, 0.2) is 82.6 Å². The number of primary amides is 2. The number of amides is 6. The molecule has 0 radical (unpaired) electrons. The molecule has 410 valence electrons. The van der Waals surface area contributed by atoms with Gasteiger partial charge in [0.05, 0.1) is 49.1 Å². The normalized spacial score (nSPS) is 12.8. The zero-order valence-corrected chi connectivity index (χ0v) is 44.7. The second-order valence-corrected chi connectivity index (χ2v) is 22.1. The van der Waals surface area contributed by atoms with Gasteiger partial charge in [-0.2, -0.15) is 0 Å². The highest BCUT2D eigenvalue weighted by Crippen LogP contribution is 2.13. The van der Waals surface area contributed by atoms with Gasteiger partial charge in [0.25, 0.3) is 0 Å². The van der Waals surface area contributed by atoms with Crippen LogP contribution < -0.4 is 32.4 Å². The Bertz CT molecular complexity index is 2530. The number of carbonyl (C=O) groups is 6. The molecule has 0 unspecified atom stereocenters. The molecule has 1 aliphatic heterocycles. The van der Waals surface area contributed by atoms with Gasteiger partial charge in [-0.3, -0.25) is 28.8 Å². The Balaban J connectivity index is 0.000000391. The third-order valence-corrected chi connectivity index (χ3v) is 13.5. The number of likely N-dealkylation sites (tertiary alicyclic amines) is 1. The maximum atomic E-state index is 13.8. The monoisotopic (exact) mass is 1070 g/mol. The highest BCUT2D eigenvalue weighted by molar-refractivity contribution is 7.89. The van der Waals surface area contributed by atoms with E-state index in [0.717, 1.165) is 30.8 Å². The summed E-state index contributed by atoms with van der Waals surface area (Å²) in [7, 11) is -7.62. The molecule has 3 aromatic carbocycles. The van der Waals surface area contributed by atoms with E-state index < -0.39 is 37.8 Å². The molecule has 0 saturated carbocycles. The highest BCUT2D eigenvalue weighted by atomic mass is 32.2. The number of carbonyl (C=O) groups excluding carboxylic acids is 6. The van der Waals surface area contributed by atoms with Gasteiger partial charge in [0.15, 0.2) is 0 Å². The van der Waals surface area contributed by atoms with Crippen LogP contribution in [0.25, 0.3) is 0 Å². The Hall–Kier alpha value is -5.89. The maximum absolute atomic E-state index is 13.8. The van der Waals surface area contributed by atoms with Gasteiger partial charge in [-0.05, 0) is 111 Å². The number of nitrogens with zero attached hydrogens (tertiary/aromatic N) is 5. The molecule has 4 rings (SSSR count). The summed E-state index contributed by atoms with van der Waals surface area (Å²) in [6, 6.07) is 18.3. The molecular weight excluding hydrogens is 998 g/mol. The summed E-state index contributed by atoms with van der Waals surface area (Å²) in [5, 5.41) is 16.4. The first-order valence-electron chi connectivity index (χ1n) is 24.6. The van der Waals surface area contributed by atoms with E-state index in [1.165, 1.54) is 62.8 Å². The van der Waals surface area contributed by atoms with Gasteiger partial charge < -0.3 is 46.6 Å². The molecule has 21 nitrogen and oxygen atoms in total. The van der Waals surface area contributed by atoms with E-state index in [0.29, 0.717) is 51.0 Å². The molecule has 6 amide bonds. The molecule has 24 heteroatoms. The van der Waals surface area contributed by atoms with Crippen molar-refractivity contribution in [2.75, 3.05) is 98.2 Å². The van der Waals surface area contributed by atoms with Crippen LogP contribution in [0.1, 0.15) is 57.2 Å². The van der Waals surface area contributed by atoms with Crippen molar-refractivity contribution < 1.29 is 50.0 Å². The van der Waals surface area contributed by atoms with Gasteiger partial charge in [0.1, 0.15) is 5.82 Å². The van der Waals surface area contributed by atoms with E-state index in [2.05, 4.69) is 15.5 Å². The van der Waals surface area contributed by atoms with Crippen LogP contribution >= 0.6 is 0 Å². The number of sulfonamides is 2. The lowest BCUT2D eigenvalue weighted by molar-refractivity contribution is -0.141. The van der Waals surface area contributed by atoms with E-state index in [9.17, 15) is 50.0 Å². The molecule has 1 aliphatic rings. The van der Waals surface area contributed by atoms with Crippen LogP contribution in [0.3, 0.4) is 0 Å². The van der Waals surface area contributed by atoms with Crippen molar-refractivity contribution in [3.8, 4) is 0 Å². The van der Waals surface area contributed by atoms with Crippen LogP contribution in [0.4, 0.5) is 4.39 Å². The zero-order valence-electron chi connectivity index (χ0n) is 43.0. The van der Waals surface area contributed by atoms with Crippen molar-refractivity contribution in [3.63, 3.8) is 0 Å².